The smallest absolute Gasteiger partial charge is 0.263 e. The van der Waals surface area contributed by atoms with E-state index in [1.807, 2.05) is 43.7 Å². The molecular weight excluding hydrogens is 425 g/mol. The lowest BCUT2D eigenvalue weighted by atomic mass is 10.1. The van der Waals surface area contributed by atoms with E-state index in [-0.39, 0.29) is 23.9 Å². The van der Waals surface area contributed by atoms with Gasteiger partial charge in [-0.2, -0.15) is 0 Å². The van der Waals surface area contributed by atoms with Crippen LogP contribution in [-0.2, 0) is 0 Å². The fourth-order valence-corrected chi connectivity index (χ4v) is 3.75. The second-order valence-corrected chi connectivity index (χ2v) is 7.67. The van der Waals surface area contributed by atoms with Crippen molar-refractivity contribution in [3.63, 3.8) is 0 Å². The number of carbonyl (C=O) groups excluding carboxylic acids is 1. The molecule has 3 rings (SSSR count). The summed E-state index contributed by atoms with van der Waals surface area (Å²) in [5.74, 6) is -0.135. The Bertz CT molecular complexity index is 963. The quantitative estimate of drug-likeness (QED) is 0.486. The van der Waals surface area contributed by atoms with Crippen LogP contribution in [0.1, 0.15) is 16.8 Å². The molecule has 2 aromatic carbocycles. The predicted octanol–water partition coefficient (Wildman–Crippen LogP) is 4.98. The van der Waals surface area contributed by atoms with Gasteiger partial charge in [0.25, 0.3) is 5.91 Å². The van der Waals surface area contributed by atoms with Gasteiger partial charge in [0, 0.05) is 17.5 Å². The van der Waals surface area contributed by atoms with Gasteiger partial charge in [-0.05, 0) is 63.5 Å². The Hall–Kier alpha value is -2.48. The number of benzene rings is 2. The second-order valence-electron chi connectivity index (χ2n) is 6.84. The van der Waals surface area contributed by atoms with Crippen LogP contribution in [0.3, 0.4) is 0 Å². The minimum absolute atomic E-state index is 0. The summed E-state index contributed by atoms with van der Waals surface area (Å²) in [6.45, 7) is 1.28. The largest absolute Gasteiger partial charge is 0.497 e. The van der Waals surface area contributed by atoms with Crippen LogP contribution < -0.4 is 9.64 Å². The summed E-state index contributed by atoms with van der Waals surface area (Å²) in [6, 6.07) is 13.6. The average molecular weight is 450 g/mol. The molecule has 0 fully saturated rings. The third-order valence-electron chi connectivity index (χ3n) is 4.45. The lowest BCUT2D eigenvalue weighted by molar-refractivity contribution is 0.0982. The van der Waals surface area contributed by atoms with Crippen molar-refractivity contribution in [3.05, 3.63) is 65.3 Å². The van der Waals surface area contributed by atoms with E-state index >= 15 is 0 Å². The summed E-state index contributed by atoms with van der Waals surface area (Å²) in [5.41, 5.74) is 1.75. The molecule has 160 valence electrons. The van der Waals surface area contributed by atoms with Gasteiger partial charge >= 0.3 is 0 Å². The van der Waals surface area contributed by atoms with E-state index in [9.17, 15) is 9.18 Å². The summed E-state index contributed by atoms with van der Waals surface area (Å²) in [5, 5.41) is 2.47. The molecule has 0 aliphatic carbocycles. The van der Waals surface area contributed by atoms with E-state index in [1.54, 1.807) is 24.1 Å². The lowest BCUT2D eigenvalue weighted by Gasteiger charge is -2.21. The molecule has 3 aromatic rings. The number of amides is 1. The Morgan fingerprint density at radius 2 is 1.80 bits per heavy atom. The monoisotopic (exact) mass is 449 g/mol. The van der Waals surface area contributed by atoms with Crippen molar-refractivity contribution >= 4 is 34.8 Å². The Labute approximate surface area is 186 Å². The summed E-state index contributed by atoms with van der Waals surface area (Å²) < 4.78 is 19.4. The van der Waals surface area contributed by atoms with E-state index in [2.05, 4.69) is 9.88 Å². The first-order valence-corrected chi connectivity index (χ1v) is 10.2. The molecule has 30 heavy (non-hydrogen) atoms. The molecule has 0 aliphatic rings. The number of rotatable bonds is 8. The molecule has 0 saturated carbocycles. The predicted molar refractivity (Wildman–Crippen MR) is 123 cm³/mol. The van der Waals surface area contributed by atoms with Crippen molar-refractivity contribution in [3.8, 4) is 17.0 Å². The fraction of sp³-hybridized carbons (Fsp3) is 0.273. The summed E-state index contributed by atoms with van der Waals surface area (Å²) >= 11 is 1.38. The number of methoxy groups -OCH3 is 1. The maximum atomic E-state index is 14.2. The van der Waals surface area contributed by atoms with Crippen LogP contribution in [0.5, 0.6) is 5.75 Å². The molecule has 5 nitrogen and oxygen atoms in total. The summed E-state index contributed by atoms with van der Waals surface area (Å²) in [7, 11) is 5.58. The van der Waals surface area contributed by atoms with E-state index in [4.69, 9.17) is 4.74 Å². The zero-order chi connectivity index (χ0) is 20.8. The molecule has 1 heterocycles. The second kappa shape index (κ2) is 11.1. The number of carbonyl (C=O) groups is 1. The van der Waals surface area contributed by atoms with Gasteiger partial charge in [-0.1, -0.05) is 12.1 Å². The molecule has 0 aliphatic heterocycles. The standard InChI is InChI=1S/C22H24FN3O2S.ClH/c1-25(2)13-6-14-26(21(27)18-7-4-5-8-19(18)23)22-24-20(15-29-22)16-9-11-17(28-3)12-10-16;/h4-5,7-12,15H,6,13-14H2,1-3H3;1H. The first-order chi connectivity index (χ1) is 14.0. The van der Waals surface area contributed by atoms with Crippen LogP contribution >= 0.6 is 23.7 Å². The molecule has 0 saturated heterocycles. The molecule has 0 unspecified atom stereocenters. The van der Waals surface area contributed by atoms with Gasteiger partial charge in [-0.25, -0.2) is 9.37 Å². The van der Waals surface area contributed by atoms with Crippen LogP contribution in [0.25, 0.3) is 11.3 Å². The molecule has 0 spiro atoms. The van der Waals surface area contributed by atoms with Crippen molar-refractivity contribution in [2.75, 3.05) is 39.2 Å². The van der Waals surface area contributed by atoms with Gasteiger partial charge in [0.15, 0.2) is 5.13 Å². The Morgan fingerprint density at radius 1 is 1.10 bits per heavy atom. The van der Waals surface area contributed by atoms with Gasteiger partial charge < -0.3 is 9.64 Å². The molecule has 0 bridgehead atoms. The zero-order valence-electron chi connectivity index (χ0n) is 17.2. The average Bonchev–Trinajstić information content (AvgIpc) is 3.21. The minimum atomic E-state index is -0.526. The number of anilines is 1. The molecule has 1 aromatic heterocycles. The third kappa shape index (κ3) is 5.78. The van der Waals surface area contributed by atoms with E-state index in [1.165, 1.54) is 23.5 Å². The maximum Gasteiger partial charge on any atom is 0.263 e. The van der Waals surface area contributed by atoms with Crippen LogP contribution in [0.2, 0.25) is 0 Å². The van der Waals surface area contributed by atoms with Crippen molar-refractivity contribution in [2.24, 2.45) is 0 Å². The minimum Gasteiger partial charge on any atom is -0.497 e. The highest BCUT2D eigenvalue weighted by Gasteiger charge is 2.23. The number of nitrogens with zero attached hydrogens (tertiary/aromatic N) is 3. The van der Waals surface area contributed by atoms with Crippen LogP contribution in [0.15, 0.2) is 53.9 Å². The molecule has 0 atom stereocenters. The topological polar surface area (TPSA) is 45.7 Å². The van der Waals surface area contributed by atoms with Crippen LogP contribution in [-0.4, -0.2) is 50.1 Å². The summed E-state index contributed by atoms with van der Waals surface area (Å²) in [4.78, 5) is 21.4. The number of hydrogen-bond donors (Lipinski definition) is 0. The highest BCUT2D eigenvalue weighted by Crippen LogP contribution is 2.30. The van der Waals surface area contributed by atoms with E-state index in [0.717, 1.165) is 30.0 Å². The third-order valence-corrected chi connectivity index (χ3v) is 5.31. The van der Waals surface area contributed by atoms with Gasteiger partial charge in [-0.3, -0.25) is 9.69 Å². The number of aromatic nitrogens is 1. The number of ether oxygens (including phenoxy) is 1. The van der Waals surface area contributed by atoms with Crippen molar-refractivity contribution in [1.29, 1.82) is 0 Å². The highest BCUT2D eigenvalue weighted by atomic mass is 35.5. The van der Waals surface area contributed by atoms with E-state index in [0.29, 0.717) is 11.7 Å². The van der Waals surface area contributed by atoms with Gasteiger partial charge in [-0.15, -0.1) is 23.7 Å². The summed E-state index contributed by atoms with van der Waals surface area (Å²) in [6.07, 6.45) is 0.755. The lowest BCUT2D eigenvalue weighted by Crippen LogP contribution is -2.34. The maximum absolute atomic E-state index is 14.2. The van der Waals surface area contributed by atoms with Crippen LogP contribution in [0.4, 0.5) is 9.52 Å². The van der Waals surface area contributed by atoms with Crippen molar-refractivity contribution in [1.82, 2.24) is 9.88 Å². The molecular formula is C22H25ClFN3O2S. The molecule has 0 N–H and O–H groups in total. The van der Waals surface area contributed by atoms with Gasteiger partial charge in [0.2, 0.25) is 0 Å². The molecule has 0 radical (unpaired) electrons. The van der Waals surface area contributed by atoms with Crippen LogP contribution in [0, 0.1) is 5.82 Å². The number of thiazole rings is 1. The number of halogens is 2. The van der Waals surface area contributed by atoms with E-state index < -0.39 is 5.82 Å². The fourth-order valence-electron chi connectivity index (χ4n) is 2.89. The highest BCUT2D eigenvalue weighted by molar-refractivity contribution is 7.14. The SMILES string of the molecule is COc1ccc(-c2csc(N(CCCN(C)C)C(=O)c3ccccc3F)n2)cc1.Cl. The normalized spacial score (nSPS) is 10.6. The van der Waals surface area contributed by atoms with Gasteiger partial charge in [0.05, 0.1) is 18.4 Å². The first kappa shape index (κ1) is 23.8. The Balaban J connectivity index is 0.00000320. The Morgan fingerprint density at radius 3 is 2.43 bits per heavy atom. The first-order valence-electron chi connectivity index (χ1n) is 9.30. The Kier molecular flexibility index (Phi) is 8.77. The van der Waals surface area contributed by atoms with Crippen molar-refractivity contribution < 1.29 is 13.9 Å². The number of hydrogen-bond acceptors (Lipinski definition) is 5. The van der Waals surface area contributed by atoms with Gasteiger partial charge in [0.1, 0.15) is 11.6 Å². The molecule has 8 heteroatoms. The zero-order valence-corrected chi connectivity index (χ0v) is 18.8. The molecule has 1 amide bonds. The van der Waals surface area contributed by atoms with Crippen molar-refractivity contribution in [2.45, 2.75) is 6.42 Å².